The van der Waals surface area contributed by atoms with Crippen LogP contribution in [0.15, 0.2) is 30.5 Å². The topological polar surface area (TPSA) is 77.6 Å². The molecule has 27 heavy (non-hydrogen) atoms. The molecule has 2 heterocycles. The van der Waals surface area contributed by atoms with Crippen LogP contribution in [0.4, 0.5) is 0 Å². The van der Waals surface area contributed by atoms with Crippen LogP contribution in [-0.4, -0.2) is 25.3 Å². The van der Waals surface area contributed by atoms with Gasteiger partial charge in [0.1, 0.15) is 11.6 Å². The lowest BCUT2D eigenvalue weighted by atomic mass is 9.79. The van der Waals surface area contributed by atoms with Gasteiger partial charge in [-0.3, -0.25) is 5.10 Å². The molecular formula is C22H26N4O. The third-order valence-corrected chi connectivity index (χ3v) is 5.07. The van der Waals surface area contributed by atoms with E-state index in [2.05, 4.69) is 62.8 Å². The third kappa shape index (κ3) is 2.97. The van der Waals surface area contributed by atoms with Crippen molar-refractivity contribution in [2.75, 3.05) is 0 Å². The maximum Gasteiger partial charge on any atom is 0.142 e. The van der Waals surface area contributed by atoms with Crippen LogP contribution in [0.3, 0.4) is 0 Å². The molecule has 0 aliphatic heterocycles. The first-order chi connectivity index (χ1) is 12.5. The molecule has 0 radical (unpaired) electrons. The Morgan fingerprint density at radius 1 is 0.889 bits per heavy atom. The van der Waals surface area contributed by atoms with Crippen molar-refractivity contribution in [1.29, 1.82) is 0 Å². The molecular weight excluding hydrogens is 336 g/mol. The number of aromatic amines is 2. The number of imidazole rings is 1. The molecule has 2 aromatic heterocycles. The molecule has 5 heteroatoms. The summed E-state index contributed by atoms with van der Waals surface area (Å²) in [4.78, 5) is 8.13. The molecule has 3 N–H and O–H groups in total. The molecule has 0 amide bonds. The SMILES string of the molecule is CC(C)(C)c1cc(-c2nc3cc4c[nH]nc4cc3[nH]2)c(O)c(C(C)(C)C)c1. The van der Waals surface area contributed by atoms with Gasteiger partial charge >= 0.3 is 0 Å². The molecule has 0 spiro atoms. The Bertz CT molecular complexity index is 1100. The molecule has 0 saturated heterocycles. The Morgan fingerprint density at radius 3 is 2.30 bits per heavy atom. The Balaban J connectivity index is 1.98. The van der Waals surface area contributed by atoms with Crippen molar-refractivity contribution in [1.82, 2.24) is 20.2 Å². The van der Waals surface area contributed by atoms with Gasteiger partial charge in [0.2, 0.25) is 0 Å². The zero-order valence-electron chi connectivity index (χ0n) is 16.7. The summed E-state index contributed by atoms with van der Waals surface area (Å²) in [6.45, 7) is 12.9. The number of aromatic hydroxyl groups is 1. The average Bonchev–Trinajstić information content (AvgIpc) is 3.15. The minimum absolute atomic E-state index is 0.0326. The highest BCUT2D eigenvalue weighted by Gasteiger charge is 2.26. The van der Waals surface area contributed by atoms with E-state index in [4.69, 9.17) is 4.98 Å². The number of fused-ring (bicyclic) bond motifs is 2. The predicted molar refractivity (Wildman–Crippen MR) is 110 cm³/mol. The molecule has 0 aliphatic rings. The molecule has 2 aromatic carbocycles. The fraction of sp³-hybridized carbons (Fsp3) is 0.364. The van der Waals surface area contributed by atoms with Crippen molar-refractivity contribution in [3.63, 3.8) is 0 Å². The Kier molecular flexibility index (Phi) is 3.64. The number of nitrogens with one attached hydrogen (secondary N) is 2. The summed E-state index contributed by atoms with van der Waals surface area (Å²) in [6.07, 6.45) is 1.86. The second-order valence-corrected chi connectivity index (χ2v) is 9.32. The number of hydrogen-bond acceptors (Lipinski definition) is 3. The van der Waals surface area contributed by atoms with E-state index >= 15 is 0 Å². The summed E-state index contributed by atoms with van der Waals surface area (Å²) in [5, 5.41) is 19.2. The summed E-state index contributed by atoms with van der Waals surface area (Å²) >= 11 is 0. The molecule has 5 nitrogen and oxygen atoms in total. The van der Waals surface area contributed by atoms with Crippen molar-refractivity contribution in [3.05, 3.63) is 41.6 Å². The first-order valence-corrected chi connectivity index (χ1v) is 9.25. The van der Waals surface area contributed by atoms with Crippen LogP contribution in [0.2, 0.25) is 0 Å². The number of aromatic nitrogens is 4. The molecule has 140 valence electrons. The largest absolute Gasteiger partial charge is 0.507 e. The summed E-state index contributed by atoms with van der Waals surface area (Å²) in [6, 6.07) is 8.15. The van der Waals surface area contributed by atoms with E-state index in [1.807, 2.05) is 24.4 Å². The van der Waals surface area contributed by atoms with Crippen molar-refractivity contribution in [3.8, 4) is 17.1 Å². The number of rotatable bonds is 1. The summed E-state index contributed by atoms with van der Waals surface area (Å²) in [5.74, 6) is 0.968. The van der Waals surface area contributed by atoms with Crippen LogP contribution in [-0.2, 0) is 10.8 Å². The highest BCUT2D eigenvalue weighted by Crippen LogP contribution is 2.41. The van der Waals surface area contributed by atoms with Crippen LogP contribution >= 0.6 is 0 Å². The number of H-pyrrole nitrogens is 2. The third-order valence-electron chi connectivity index (χ3n) is 5.07. The van der Waals surface area contributed by atoms with E-state index in [9.17, 15) is 5.11 Å². The van der Waals surface area contributed by atoms with E-state index in [0.29, 0.717) is 11.6 Å². The van der Waals surface area contributed by atoms with Crippen LogP contribution in [0.25, 0.3) is 33.3 Å². The van der Waals surface area contributed by atoms with Crippen LogP contribution in [0, 0.1) is 0 Å². The maximum absolute atomic E-state index is 11.1. The van der Waals surface area contributed by atoms with Crippen molar-refractivity contribution in [2.24, 2.45) is 0 Å². The van der Waals surface area contributed by atoms with Crippen molar-refractivity contribution in [2.45, 2.75) is 52.4 Å². The molecule has 0 saturated carbocycles. The number of benzene rings is 2. The fourth-order valence-electron chi connectivity index (χ4n) is 3.39. The Morgan fingerprint density at radius 2 is 1.63 bits per heavy atom. The molecule has 0 aliphatic carbocycles. The molecule has 4 aromatic rings. The first-order valence-electron chi connectivity index (χ1n) is 9.25. The second-order valence-electron chi connectivity index (χ2n) is 9.32. The number of hydrogen-bond donors (Lipinski definition) is 3. The standard InChI is InChI=1S/C22H26N4O/c1-21(2,3)13-8-14(19(27)15(9-13)22(4,5)6)20-24-17-7-12-11-23-26-16(12)10-18(17)25-20/h7-11,27H,1-6H3,(H,23,26)(H,24,25). The van der Waals surface area contributed by atoms with Crippen molar-refractivity contribution < 1.29 is 5.11 Å². The highest BCUT2D eigenvalue weighted by molar-refractivity contribution is 5.94. The molecule has 0 bridgehead atoms. The predicted octanol–water partition coefficient (Wildman–Crippen LogP) is 5.41. The summed E-state index contributed by atoms with van der Waals surface area (Å²) < 4.78 is 0. The van der Waals surface area contributed by atoms with E-state index in [0.717, 1.165) is 33.1 Å². The van der Waals surface area contributed by atoms with E-state index < -0.39 is 0 Å². The van der Waals surface area contributed by atoms with Gasteiger partial charge in [0.25, 0.3) is 0 Å². The Labute approximate surface area is 158 Å². The van der Waals surface area contributed by atoms with Crippen molar-refractivity contribution >= 4 is 21.9 Å². The maximum atomic E-state index is 11.1. The zero-order valence-corrected chi connectivity index (χ0v) is 16.7. The van der Waals surface area contributed by atoms with Gasteiger partial charge in [-0.25, -0.2) is 4.98 Å². The normalized spacial score (nSPS) is 13.0. The number of nitrogens with zero attached hydrogens (tertiary/aromatic N) is 2. The number of phenolic OH excluding ortho intramolecular Hbond substituents is 1. The van der Waals surface area contributed by atoms with Gasteiger partial charge in [-0.2, -0.15) is 5.10 Å². The van der Waals surface area contributed by atoms with Gasteiger partial charge in [0, 0.05) is 17.1 Å². The monoisotopic (exact) mass is 362 g/mol. The van der Waals surface area contributed by atoms with Gasteiger partial charge in [0.15, 0.2) is 0 Å². The van der Waals surface area contributed by atoms with Crippen LogP contribution < -0.4 is 0 Å². The minimum atomic E-state index is -0.174. The Hall–Kier alpha value is -2.82. The van der Waals surface area contributed by atoms with Gasteiger partial charge < -0.3 is 10.1 Å². The average molecular weight is 362 g/mol. The van der Waals surface area contributed by atoms with Crippen LogP contribution in [0.5, 0.6) is 5.75 Å². The van der Waals surface area contributed by atoms with Gasteiger partial charge in [0.05, 0.1) is 22.1 Å². The van der Waals surface area contributed by atoms with E-state index in [1.54, 1.807) is 0 Å². The van der Waals surface area contributed by atoms with Gasteiger partial charge in [-0.05, 0) is 34.6 Å². The van der Waals surface area contributed by atoms with Gasteiger partial charge in [-0.15, -0.1) is 0 Å². The zero-order chi connectivity index (χ0) is 19.6. The second kappa shape index (κ2) is 5.59. The number of phenols is 1. The summed E-state index contributed by atoms with van der Waals surface area (Å²) in [7, 11) is 0. The quantitative estimate of drug-likeness (QED) is 0.424. The minimum Gasteiger partial charge on any atom is -0.507 e. The van der Waals surface area contributed by atoms with Gasteiger partial charge in [-0.1, -0.05) is 47.6 Å². The lowest BCUT2D eigenvalue weighted by molar-refractivity contribution is 0.446. The van der Waals surface area contributed by atoms with E-state index in [-0.39, 0.29) is 10.8 Å². The molecule has 0 unspecified atom stereocenters. The summed E-state index contributed by atoms with van der Waals surface area (Å²) in [5.41, 5.74) is 5.29. The molecule has 0 fully saturated rings. The smallest absolute Gasteiger partial charge is 0.142 e. The lowest BCUT2D eigenvalue weighted by Crippen LogP contribution is -2.17. The molecule has 4 rings (SSSR count). The molecule has 0 atom stereocenters. The first kappa shape index (κ1) is 17.6. The van der Waals surface area contributed by atoms with Crippen LogP contribution in [0.1, 0.15) is 52.7 Å². The van der Waals surface area contributed by atoms with E-state index in [1.165, 1.54) is 5.56 Å². The lowest BCUT2D eigenvalue weighted by Gasteiger charge is -2.27. The highest BCUT2D eigenvalue weighted by atomic mass is 16.3. The fourth-order valence-corrected chi connectivity index (χ4v) is 3.39.